The smallest absolute Gasteiger partial charge is 0.231 e. The fourth-order valence-corrected chi connectivity index (χ4v) is 5.31. The average molecular weight is 412 g/mol. The molecule has 1 aliphatic rings. The molecule has 158 valence electrons. The van der Waals surface area contributed by atoms with Crippen LogP contribution < -0.4 is 9.13 Å². The van der Waals surface area contributed by atoms with Gasteiger partial charge in [0.1, 0.15) is 18.6 Å². The Bertz CT molecular complexity index is 1290. The molecule has 0 N–H and O–H groups in total. The average Bonchev–Trinajstić information content (AvgIpc) is 3.03. The first-order valence-electron chi connectivity index (χ1n) is 11.8. The summed E-state index contributed by atoms with van der Waals surface area (Å²) in [7, 11) is 0. The van der Waals surface area contributed by atoms with Gasteiger partial charge in [-0.25, -0.2) is 9.55 Å². The number of hydrogen-bond donors (Lipinski definition) is 0. The van der Waals surface area contributed by atoms with E-state index >= 15 is 0 Å². The van der Waals surface area contributed by atoms with Gasteiger partial charge in [-0.05, 0) is 28.6 Å². The summed E-state index contributed by atoms with van der Waals surface area (Å²) in [6, 6.07) is 11.3. The molecular weight excluding hydrogens is 378 g/mol. The molecule has 3 heterocycles. The second-order valence-electron chi connectivity index (χ2n) is 9.49. The van der Waals surface area contributed by atoms with Crippen molar-refractivity contribution < 1.29 is 9.13 Å². The van der Waals surface area contributed by atoms with Gasteiger partial charge in [-0.1, -0.05) is 46.6 Å². The van der Waals surface area contributed by atoms with Crippen LogP contribution in [0.2, 0.25) is 0 Å². The highest BCUT2D eigenvalue weighted by molar-refractivity contribution is 6.03. The number of rotatable bonds is 6. The lowest BCUT2D eigenvalue weighted by molar-refractivity contribution is -0.696. The Labute approximate surface area is 185 Å². The van der Waals surface area contributed by atoms with E-state index in [1.165, 1.54) is 64.2 Å². The summed E-state index contributed by atoms with van der Waals surface area (Å²) in [6.45, 7) is 11.4. The molecule has 1 aromatic carbocycles. The molecule has 0 unspecified atom stereocenters. The van der Waals surface area contributed by atoms with Crippen LogP contribution in [0.4, 0.5) is 0 Å². The van der Waals surface area contributed by atoms with Crippen LogP contribution in [-0.4, -0.2) is 4.98 Å². The number of nitrogens with zero attached hydrogens (tertiary/aromatic N) is 3. The zero-order valence-electron chi connectivity index (χ0n) is 19.3. The van der Waals surface area contributed by atoms with Crippen LogP contribution in [0, 0.1) is 0 Å². The number of hydrogen-bond acceptors (Lipinski definition) is 1. The molecule has 0 saturated carbocycles. The highest BCUT2D eigenvalue weighted by Gasteiger charge is 2.41. The maximum absolute atomic E-state index is 4.89. The fraction of sp³-hybridized carbons (Fsp3) is 0.393. The Morgan fingerprint density at radius 1 is 0.935 bits per heavy atom. The fourth-order valence-electron chi connectivity index (χ4n) is 5.31. The molecule has 3 heteroatoms. The molecule has 0 atom stereocenters. The van der Waals surface area contributed by atoms with Crippen molar-refractivity contribution in [3.8, 4) is 11.1 Å². The SMILES string of the molecule is CCCC[n+]1ccc2c3c(ccc2c1)-c1c(c[n+](CCCC)c2cccnc12)C3(C)C. The number of pyridine rings is 3. The van der Waals surface area contributed by atoms with Crippen molar-refractivity contribution in [2.75, 3.05) is 0 Å². The Hall–Kier alpha value is -2.81. The van der Waals surface area contributed by atoms with Gasteiger partial charge in [0.05, 0.1) is 0 Å². The van der Waals surface area contributed by atoms with Crippen LogP contribution in [0.1, 0.15) is 64.5 Å². The van der Waals surface area contributed by atoms with Crippen molar-refractivity contribution >= 4 is 21.8 Å². The number of benzene rings is 1. The van der Waals surface area contributed by atoms with Crippen molar-refractivity contribution in [2.24, 2.45) is 0 Å². The summed E-state index contributed by atoms with van der Waals surface area (Å²) in [6.07, 6.45) is 13.7. The third-order valence-corrected chi connectivity index (χ3v) is 6.99. The number of unbranched alkanes of at least 4 members (excludes halogenated alkanes) is 2. The Morgan fingerprint density at radius 3 is 2.55 bits per heavy atom. The van der Waals surface area contributed by atoms with Crippen molar-refractivity contribution in [1.29, 1.82) is 0 Å². The Kier molecular flexibility index (Phi) is 5.00. The normalized spacial score (nSPS) is 14.2. The molecule has 0 fully saturated rings. The molecule has 31 heavy (non-hydrogen) atoms. The van der Waals surface area contributed by atoms with E-state index in [1.54, 1.807) is 0 Å². The minimum Gasteiger partial charge on any atom is -0.249 e. The first-order chi connectivity index (χ1) is 15.1. The highest BCUT2D eigenvalue weighted by Crippen LogP contribution is 2.52. The lowest BCUT2D eigenvalue weighted by Crippen LogP contribution is -2.36. The van der Waals surface area contributed by atoms with E-state index in [1.807, 2.05) is 6.20 Å². The summed E-state index contributed by atoms with van der Waals surface area (Å²) < 4.78 is 4.77. The lowest BCUT2D eigenvalue weighted by atomic mass is 9.81. The monoisotopic (exact) mass is 411 g/mol. The summed E-state index contributed by atoms with van der Waals surface area (Å²) in [5.74, 6) is 0. The van der Waals surface area contributed by atoms with E-state index in [-0.39, 0.29) is 5.41 Å². The molecule has 3 nitrogen and oxygen atoms in total. The van der Waals surface area contributed by atoms with Gasteiger partial charge in [-0.2, -0.15) is 4.57 Å². The standard InChI is InChI=1S/C28H33N3/c1-5-7-15-30-17-13-21-20(18-30)11-12-22-25-23(28(3,4)26(21)22)19-31(16-8-6-2)24-10-9-14-29-27(24)25/h9-14,17-19H,5-8,15-16H2,1-4H3/q+2. The Balaban J connectivity index is 1.76. The zero-order valence-corrected chi connectivity index (χ0v) is 19.3. The zero-order chi connectivity index (χ0) is 21.6. The molecule has 0 saturated heterocycles. The molecule has 0 bridgehead atoms. The quantitative estimate of drug-likeness (QED) is 0.364. The van der Waals surface area contributed by atoms with Crippen molar-refractivity contribution in [2.45, 2.75) is 71.9 Å². The summed E-state index contributed by atoms with van der Waals surface area (Å²) in [4.78, 5) is 4.89. The summed E-state index contributed by atoms with van der Waals surface area (Å²) in [5.41, 5.74) is 7.85. The molecule has 5 rings (SSSR count). The van der Waals surface area contributed by atoms with Crippen LogP contribution in [0.15, 0.2) is 55.1 Å². The van der Waals surface area contributed by atoms with Crippen molar-refractivity contribution in [3.05, 3.63) is 66.2 Å². The van der Waals surface area contributed by atoms with E-state index in [0.717, 1.165) is 18.6 Å². The van der Waals surface area contributed by atoms with E-state index in [9.17, 15) is 0 Å². The van der Waals surface area contributed by atoms with Crippen LogP contribution in [-0.2, 0) is 18.5 Å². The van der Waals surface area contributed by atoms with Crippen LogP contribution >= 0.6 is 0 Å². The Morgan fingerprint density at radius 2 is 1.74 bits per heavy atom. The van der Waals surface area contributed by atoms with Crippen LogP contribution in [0.3, 0.4) is 0 Å². The molecule has 3 aromatic heterocycles. The third-order valence-electron chi connectivity index (χ3n) is 6.99. The van der Waals surface area contributed by atoms with Gasteiger partial charge in [-0.3, -0.25) is 0 Å². The maximum atomic E-state index is 4.89. The van der Waals surface area contributed by atoms with Gasteiger partial charge >= 0.3 is 0 Å². The van der Waals surface area contributed by atoms with Gasteiger partial charge in [-0.15, -0.1) is 0 Å². The van der Waals surface area contributed by atoms with E-state index in [4.69, 9.17) is 4.98 Å². The largest absolute Gasteiger partial charge is 0.249 e. The van der Waals surface area contributed by atoms with Gasteiger partial charge in [0, 0.05) is 53.1 Å². The van der Waals surface area contributed by atoms with Crippen molar-refractivity contribution in [3.63, 3.8) is 0 Å². The van der Waals surface area contributed by atoms with Gasteiger partial charge < -0.3 is 0 Å². The third kappa shape index (κ3) is 3.13. The minimum atomic E-state index is -0.0561. The number of aryl methyl sites for hydroxylation is 2. The van der Waals surface area contributed by atoms with Gasteiger partial charge in [0.15, 0.2) is 18.6 Å². The molecule has 4 aromatic rings. The first-order valence-corrected chi connectivity index (χ1v) is 11.8. The molecule has 0 amide bonds. The summed E-state index contributed by atoms with van der Waals surface area (Å²) >= 11 is 0. The molecule has 0 aliphatic heterocycles. The minimum absolute atomic E-state index is 0.0561. The molecule has 0 spiro atoms. The van der Waals surface area contributed by atoms with E-state index in [0.29, 0.717) is 0 Å². The molecular formula is C28H33N3+2. The predicted octanol–water partition coefficient (Wildman–Crippen LogP) is 5.87. The second kappa shape index (κ2) is 7.71. The van der Waals surface area contributed by atoms with Crippen LogP contribution in [0.5, 0.6) is 0 Å². The predicted molar refractivity (Wildman–Crippen MR) is 127 cm³/mol. The maximum Gasteiger partial charge on any atom is 0.231 e. The van der Waals surface area contributed by atoms with Crippen molar-refractivity contribution in [1.82, 2.24) is 4.98 Å². The summed E-state index contributed by atoms with van der Waals surface area (Å²) in [5, 5.41) is 2.70. The first kappa shape index (κ1) is 20.1. The van der Waals surface area contributed by atoms with E-state index < -0.39 is 0 Å². The topological polar surface area (TPSA) is 20.6 Å². The molecule has 1 aliphatic carbocycles. The van der Waals surface area contributed by atoms with Gasteiger partial charge in [0.2, 0.25) is 5.52 Å². The number of fused-ring (bicyclic) bond motifs is 7. The van der Waals surface area contributed by atoms with Crippen LogP contribution in [0.25, 0.3) is 32.9 Å². The molecule has 0 radical (unpaired) electrons. The highest BCUT2D eigenvalue weighted by atomic mass is 15.0. The van der Waals surface area contributed by atoms with Gasteiger partial charge in [0.25, 0.3) is 0 Å². The lowest BCUT2D eigenvalue weighted by Gasteiger charge is -2.22. The number of aromatic nitrogens is 3. The second-order valence-corrected chi connectivity index (χ2v) is 9.49. The van der Waals surface area contributed by atoms with E-state index in [2.05, 4.69) is 85.8 Å².